The predicted molar refractivity (Wildman–Crippen MR) is 93.6 cm³/mol. The van der Waals surface area contributed by atoms with Gasteiger partial charge in [-0.05, 0) is 29.8 Å². The van der Waals surface area contributed by atoms with E-state index in [2.05, 4.69) is 53.1 Å². The molecular formula is C15H12Br3NO. The van der Waals surface area contributed by atoms with Crippen molar-refractivity contribution in [3.8, 4) is 0 Å². The minimum absolute atomic E-state index is 0.0841. The van der Waals surface area contributed by atoms with Crippen LogP contribution in [0.25, 0.3) is 0 Å². The lowest BCUT2D eigenvalue weighted by Gasteiger charge is -2.17. The first kappa shape index (κ1) is 15.7. The Balaban J connectivity index is 2.03. The predicted octanol–water partition coefficient (Wildman–Crippen LogP) is 5.29. The first-order chi connectivity index (χ1) is 9.58. The third-order valence-electron chi connectivity index (χ3n) is 2.74. The maximum absolute atomic E-state index is 12.2. The number of alkyl halides is 2. The molecule has 0 spiro atoms. The van der Waals surface area contributed by atoms with Gasteiger partial charge in [0.15, 0.2) is 0 Å². The number of hydrogen-bond donors (Lipinski definition) is 1. The molecule has 1 N–H and O–H groups in total. The number of rotatable bonds is 4. The Kier molecular flexibility index (Phi) is 5.81. The normalized spacial score (nSPS) is 13.6. The van der Waals surface area contributed by atoms with Crippen molar-refractivity contribution < 1.29 is 4.79 Å². The number of halogens is 3. The molecule has 2 atom stereocenters. The van der Waals surface area contributed by atoms with Gasteiger partial charge in [-0.1, -0.05) is 78.1 Å². The van der Waals surface area contributed by atoms with Crippen molar-refractivity contribution in [2.45, 2.75) is 9.65 Å². The van der Waals surface area contributed by atoms with Crippen LogP contribution >= 0.6 is 47.8 Å². The summed E-state index contributed by atoms with van der Waals surface area (Å²) in [5, 5.41) is 2.88. The van der Waals surface area contributed by atoms with Crippen LogP contribution in [0.1, 0.15) is 10.4 Å². The van der Waals surface area contributed by atoms with Gasteiger partial charge in [0.25, 0.3) is 0 Å². The van der Waals surface area contributed by atoms with Gasteiger partial charge in [0.2, 0.25) is 5.91 Å². The second-order valence-corrected chi connectivity index (χ2v) is 7.10. The summed E-state index contributed by atoms with van der Waals surface area (Å²) in [5.41, 5.74) is 1.83. The van der Waals surface area contributed by atoms with Crippen molar-refractivity contribution in [1.29, 1.82) is 0 Å². The Labute approximate surface area is 143 Å². The zero-order valence-corrected chi connectivity index (χ0v) is 15.2. The Morgan fingerprint density at radius 1 is 0.950 bits per heavy atom. The molecule has 20 heavy (non-hydrogen) atoms. The summed E-state index contributed by atoms with van der Waals surface area (Å²) < 4.78 is 0.980. The molecule has 0 fully saturated rings. The molecule has 0 saturated heterocycles. The minimum atomic E-state index is -0.353. The first-order valence-electron chi connectivity index (χ1n) is 5.97. The lowest BCUT2D eigenvalue weighted by molar-refractivity contribution is -0.115. The summed E-state index contributed by atoms with van der Waals surface area (Å²) in [6.45, 7) is 0. The van der Waals surface area contributed by atoms with Crippen molar-refractivity contribution in [1.82, 2.24) is 0 Å². The average Bonchev–Trinajstić information content (AvgIpc) is 2.49. The monoisotopic (exact) mass is 459 g/mol. The third kappa shape index (κ3) is 4.17. The molecule has 104 valence electrons. The molecule has 0 aromatic heterocycles. The van der Waals surface area contributed by atoms with Crippen LogP contribution in [0.3, 0.4) is 0 Å². The summed E-state index contributed by atoms with van der Waals surface area (Å²) in [6.07, 6.45) is 0. The van der Waals surface area contributed by atoms with Crippen molar-refractivity contribution in [3.63, 3.8) is 0 Å². The maximum Gasteiger partial charge on any atom is 0.239 e. The Bertz CT molecular complexity index is 571. The van der Waals surface area contributed by atoms with Crippen LogP contribution in [-0.2, 0) is 4.79 Å². The maximum atomic E-state index is 12.2. The number of hydrogen-bond acceptors (Lipinski definition) is 1. The fraction of sp³-hybridized carbons (Fsp3) is 0.133. The molecule has 0 aliphatic carbocycles. The molecular weight excluding hydrogens is 450 g/mol. The molecule has 0 radical (unpaired) electrons. The van der Waals surface area contributed by atoms with Gasteiger partial charge in [-0.3, -0.25) is 4.79 Å². The molecule has 2 nitrogen and oxygen atoms in total. The first-order valence-corrected chi connectivity index (χ1v) is 8.60. The zero-order chi connectivity index (χ0) is 14.5. The van der Waals surface area contributed by atoms with Crippen LogP contribution in [-0.4, -0.2) is 10.7 Å². The molecule has 0 bridgehead atoms. The zero-order valence-electron chi connectivity index (χ0n) is 10.4. The van der Waals surface area contributed by atoms with Gasteiger partial charge in [-0.2, -0.15) is 0 Å². The number of anilines is 1. The van der Waals surface area contributed by atoms with E-state index in [0.717, 1.165) is 15.7 Å². The van der Waals surface area contributed by atoms with Gasteiger partial charge < -0.3 is 5.32 Å². The summed E-state index contributed by atoms with van der Waals surface area (Å²) in [5.74, 6) is -0.0851. The summed E-state index contributed by atoms with van der Waals surface area (Å²) in [6, 6.07) is 17.3. The molecule has 0 heterocycles. The Morgan fingerprint density at radius 2 is 1.55 bits per heavy atom. The summed E-state index contributed by atoms with van der Waals surface area (Å²) in [4.78, 5) is 11.8. The second-order valence-electron chi connectivity index (χ2n) is 4.21. The van der Waals surface area contributed by atoms with Gasteiger partial charge in [-0.25, -0.2) is 0 Å². The van der Waals surface area contributed by atoms with Crippen molar-refractivity contribution in [3.05, 3.63) is 64.6 Å². The number of carbonyl (C=O) groups is 1. The van der Waals surface area contributed by atoms with Gasteiger partial charge in [0.1, 0.15) is 4.83 Å². The van der Waals surface area contributed by atoms with E-state index < -0.39 is 0 Å². The Hall–Kier alpha value is -0.650. The third-order valence-corrected chi connectivity index (χ3v) is 5.98. The molecule has 2 unspecified atom stereocenters. The molecule has 0 saturated carbocycles. The van der Waals surface area contributed by atoms with E-state index in [0.29, 0.717) is 0 Å². The molecule has 2 aromatic rings. The van der Waals surface area contributed by atoms with Crippen molar-refractivity contribution in [2.75, 3.05) is 5.32 Å². The van der Waals surface area contributed by atoms with Gasteiger partial charge in [0.05, 0.1) is 4.83 Å². The second kappa shape index (κ2) is 7.38. The standard InChI is InChI=1S/C15H12Br3NO/c16-11-6-8-12(9-7-11)19-15(20)14(18)13(17)10-4-2-1-3-5-10/h1-9,13-14H,(H,19,20). The fourth-order valence-electron chi connectivity index (χ4n) is 1.68. The van der Waals surface area contributed by atoms with E-state index in [1.54, 1.807) is 0 Å². The van der Waals surface area contributed by atoms with Crippen LogP contribution in [0.5, 0.6) is 0 Å². The lowest BCUT2D eigenvalue weighted by atomic mass is 10.1. The summed E-state index contributed by atoms with van der Waals surface area (Å²) >= 11 is 10.4. The van der Waals surface area contributed by atoms with Crippen LogP contribution in [0.4, 0.5) is 5.69 Å². The van der Waals surface area contributed by atoms with Crippen LogP contribution in [0.2, 0.25) is 0 Å². The van der Waals surface area contributed by atoms with Crippen molar-refractivity contribution in [2.24, 2.45) is 0 Å². The van der Waals surface area contributed by atoms with Crippen LogP contribution in [0.15, 0.2) is 59.1 Å². The number of nitrogens with one attached hydrogen (secondary N) is 1. The van der Waals surface area contributed by atoms with E-state index in [-0.39, 0.29) is 15.6 Å². The van der Waals surface area contributed by atoms with Gasteiger partial charge >= 0.3 is 0 Å². The fourth-order valence-corrected chi connectivity index (χ4v) is 2.91. The SMILES string of the molecule is O=C(Nc1ccc(Br)cc1)C(Br)C(Br)c1ccccc1. The van der Waals surface area contributed by atoms with E-state index in [9.17, 15) is 4.79 Å². The minimum Gasteiger partial charge on any atom is -0.325 e. The van der Waals surface area contributed by atoms with Crippen LogP contribution < -0.4 is 5.32 Å². The highest BCUT2D eigenvalue weighted by atomic mass is 79.9. The highest BCUT2D eigenvalue weighted by Crippen LogP contribution is 2.31. The largest absolute Gasteiger partial charge is 0.325 e. The van der Waals surface area contributed by atoms with E-state index in [1.807, 2.05) is 54.6 Å². The highest BCUT2D eigenvalue weighted by Gasteiger charge is 2.24. The number of benzene rings is 2. The smallest absolute Gasteiger partial charge is 0.239 e. The molecule has 0 aliphatic rings. The summed E-state index contributed by atoms with van der Waals surface area (Å²) in [7, 11) is 0. The molecule has 0 aliphatic heterocycles. The van der Waals surface area contributed by atoms with E-state index in [4.69, 9.17) is 0 Å². The molecule has 1 amide bonds. The van der Waals surface area contributed by atoms with Crippen molar-refractivity contribution >= 4 is 59.4 Å². The highest BCUT2D eigenvalue weighted by molar-refractivity contribution is 9.12. The Morgan fingerprint density at radius 3 is 2.15 bits per heavy atom. The van der Waals surface area contributed by atoms with Crippen LogP contribution in [0, 0.1) is 0 Å². The van der Waals surface area contributed by atoms with Gasteiger partial charge in [0, 0.05) is 10.2 Å². The van der Waals surface area contributed by atoms with Gasteiger partial charge in [-0.15, -0.1) is 0 Å². The molecule has 2 rings (SSSR count). The topological polar surface area (TPSA) is 29.1 Å². The average molecular weight is 462 g/mol. The molecule has 5 heteroatoms. The molecule has 2 aromatic carbocycles. The number of amides is 1. The quantitative estimate of drug-likeness (QED) is 0.616. The lowest BCUT2D eigenvalue weighted by Crippen LogP contribution is -2.26. The van der Waals surface area contributed by atoms with E-state index >= 15 is 0 Å². The van der Waals surface area contributed by atoms with E-state index in [1.165, 1.54) is 0 Å². The number of carbonyl (C=O) groups excluding carboxylic acids is 1.